The molecule has 1 saturated heterocycles. The molecule has 0 saturated carbocycles. The summed E-state index contributed by atoms with van der Waals surface area (Å²) in [6.45, 7) is 12.0. The van der Waals surface area contributed by atoms with E-state index in [-0.39, 0.29) is 11.2 Å². The van der Waals surface area contributed by atoms with Crippen molar-refractivity contribution < 1.29 is 9.39 Å². The summed E-state index contributed by atoms with van der Waals surface area (Å²) < 4.78 is 12.0. The summed E-state index contributed by atoms with van der Waals surface area (Å²) in [5.74, 6) is 1.20. The van der Waals surface area contributed by atoms with E-state index in [9.17, 15) is 0 Å². The first kappa shape index (κ1) is 15.1. The largest absolute Gasteiger partial charge is 0.430 e. The molecule has 1 aliphatic carbocycles. The second kappa shape index (κ2) is 5.61. The molecule has 0 N–H and O–H groups in total. The minimum Gasteiger partial charge on any atom is -0.430 e. The summed E-state index contributed by atoms with van der Waals surface area (Å²) in [7, 11) is 1.98. The summed E-state index contributed by atoms with van der Waals surface area (Å²) in [5, 5.41) is 0. The van der Waals surface area contributed by atoms with Crippen LogP contribution in [0.1, 0.15) is 60.3 Å². The third-order valence-corrected chi connectivity index (χ3v) is 5.29. The maximum Gasteiger partial charge on any atom is 0.326 e. The third kappa shape index (κ3) is 3.25. The molecule has 107 valence electrons. The Hall–Kier alpha value is -0.275. The fraction of sp³-hybridized carbons (Fsp3) is 0.875. The Morgan fingerprint density at radius 3 is 2.68 bits per heavy atom. The number of hydrogen-bond donors (Lipinski definition) is 0. The predicted octanol–water partition coefficient (Wildman–Crippen LogP) is 3.92. The zero-order valence-electron chi connectivity index (χ0n) is 13.2. The minimum atomic E-state index is -0.0902. The first-order chi connectivity index (χ1) is 8.86. The highest BCUT2D eigenvalue weighted by Crippen LogP contribution is 2.42. The SMILES string of the molecule is CC(C)C(C)(C)O[B]C1=CCC2(CC1)OCCC2C. The molecule has 0 bridgehead atoms. The van der Waals surface area contributed by atoms with E-state index in [0.717, 1.165) is 25.9 Å². The lowest BCUT2D eigenvalue weighted by molar-refractivity contribution is -0.0253. The summed E-state index contributed by atoms with van der Waals surface area (Å²) >= 11 is 0. The lowest BCUT2D eigenvalue weighted by atomic mass is 9.70. The standard InChI is InChI=1S/C16H28BO2/c1-12(2)15(4,5)19-17-14-6-9-16(10-7-14)13(3)8-11-18-16/h6,12-13H,7-11H2,1-5H3. The van der Waals surface area contributed by atoms with Crippen molar-refractivity contribution in [1.29, 1.82) is 0 Å². The zero-order chi connectivity index (χ0) is 14.1. The molecule has 0 aromatic rings. The molecular formula is C16H28BO2. The van der Waals surface area contributed by atoms with Crippen LogP contribution in [0.25, 0.3) is 0 Å². The van der Waals surface area contributed by atoms with Crippen LogP contribution in [-0.4, -0.2) is 25.3 Å². The van der Waals surface area contributed by atoms with Crippen molar-refractivity contribution in [2.75, 3.05) is 6.61 Å². The summed E-state index contributed by atoms with van der Waals surface area (Å²) in [5.41, 5.74) is 1.37. The average Bonchev–Trinajstić information content (AvgIpc) is 2.70. The van der Waals surface area contributed by atoms with Crippen molar-refractivity contribution in [1.82, 2.24) is 0 Å². The van der Waals surface area contributed by atoms with Crippen LogP contribution in [0.3, 0.4) is 0 Å². The minimum absolute atomic E-state index is 0.0902. The van der Waals surface area contributed by atoms with Gasteiger partial charge in [-0.3, -0.25) is 0 Å². The van der Waals surface area contributed by atoms with Crippen LogP contribution in [0.5, 0.6) is 0 Å². The Labute approximate surface area is 119 Å². The Kier molecular flexibility index (Phi) is 4.47. The van der Waals surface area contributed by atoms with E-state index in [1.54, 1.807) is 0 Å². The van der Waals surface area contributed by atoms with Gasteiger partial charge < -0.3 is 9.39 Å². The van der Waals surface area contributed by atoms with Gasteiger partial charge in [-0.2, -0.15) is 0 Å². The first-order valence-corrected chi connectivity index (χ1v) is 7.70. The van der Waals surface area contributed by atoms with Crippen LogP contribution >= 0.6 is 0 Å². The molecule has 1 radical (unpaired) electrons. The number of allylic oxidation sites excluding steroid dienone is 1. The average molecular weight is 263 g/mol. The van der Waals surface area contributed by atoms with Gasteiger partial charge in [0.25, 0.3) is 0 Å². The zero-order valence-corrected chi connectivity index (χ0v) is 13.2. The van der Waals surface area contributed by atoms with E-state index in [0.29, 0.717) is 11.8 Å². The van der Waals surface area contributed by atoms with Crippen LogP contribution in [-0.2, 0) is 9.39 Å². The van der Waals surface area contributed by atoms with Gasteiger partial charge in [-0.1, -0.05) is 32.3 Å². The molecule has 2 unspecified atom stereocenters. The number of hydrogen-bond acceptors (Lipinski definition) is 2. The molecule has 1 spiro atoms. The molecule has 19 heavy (non-hydrogen) atoms. The molecule has 2 rings (SSSR count). The van der Waals surface area contributed by atoms with Crippen LogP contribution < -0.4 is 0 Å². The molecule has 1 fully saturated rings. The van der Waals surface area contributed by atoms with Gasteiger partial charge in [-0.15, -0.1) is 0 Å². The third-order valence-electron chi connectivity index (χ3n) is 5.29. The molecular weight excluding hydrogens is 235 g/mol. The topological polar surface area (TPSA) is 18.5 Å². The fourth-order valence-electron chi connectivity index (χ4n) is 2.76. The lowest BCUT2D eigenvalue weighted by Gasteiger charge is -2.36. The van der Waals surface area contributed by atoms with Gasteiger partial charge in [0, 0.05) is 12.2 Å². The summed E-state index contributed by atoms with van der Waals surface area (Å²) in [4.78, 5) is 0. The molecule has 2 aliphatic rings. The van der Waals surface area contributed by atoms with Gasteiger partial charge in [0.05, 0.1) is 5.60 Å². The van der Waals surface area contributed by atoms with E-state index < -0.39 is 0 Å². The van der Waals surface area contributed by atoms with Gasteiger partial charge in [-0.05, 0) is 51.4 Å². The molecule has 0 amide bonds. The molecule has 0 aromatic carbocycles. The van der Waals surface area contributed by atoms with E-state index in [2.05, 4.69) is 40.7 Å². The van der Waals surface area contributed by atoms with Crippen molar-refractivity contribution in [2.45, 2.75) is 71.5 Å². The number of rotatable bonds is 4. The maximum absolute atomic E-state index is 6.03. The molecule has 2 nitrogen and oxygen atoms in total. The van der Waals surface area contributed by atoms with Crippen molar-refractivity contribution >= 4 is 7.48 Å². The van der Waals surface area contributed by atoms with Crippen molar-refractivity contribution in [3.63, 3.8) is 0 Å². The fourth-order valence-corrected chi connectivity index (χ4v) is 2.76. The monoisotopic (exact) mass is 263 g/mol. The van der Waals surface area contributed by atoms with Crippen LogP contribution in [0.15, 0.2) is 11.5 Å². The quantitative estimate of drug-likeness (QED) is 0.716. The van der Waals surface area contributed by atoms with Gasteiger partial charge >= 0.3 is 7.48 Å². The van der Waals surface area contributed by atoms with Gasteiger partial charge in [0.2, 0.25) is 0 Å². The van der Waals surface area contributed by atoms with Crippen LogP contribution in [0.4, 0.5) is 0 Å². The van der Waals surface area contributed by atoms with E-state index in [4.69, 9.17) is 9.39 Å². The van der Waals surface area contributed by atoms with E-state index in [1.165, 1.54) is 11.9 Å². The van der Waals surface area contributed by atoms with Crippen molar-refractivity contribution in [3.05, 3.63) is 11.5 Å². The number of ether oxygens (including phenoxy) is 1. The molecule has 0 aromatic heterocycles. The first-order valence-electron chi connectivity index (χ1n) is 7.70. The molecule has 3 heteroatoms. The molecule has 1 aliphatic heterocycles. The predicted molar refractivity (Wildman–Crippen MR) is 80.2 cm³/mol. The Balaban J connectivity index is 1.88. The van der Waals surface area contributed by atoms with Gasteiger partial charge in [-0.25, -0.2) is 0 Å². The van der Waals surface area contributed by atoms with Gasteiger partial charge in [0.1, 0.15) is 0 Å². The lowest BCUT2D eigenvalue weighted by Crippen LogP contribution is -2.37. The van der Waals surface area contributed by atoms with Gasteiger partial charge in [0.15, 0.2) is 0 Å². The summed E-state index contributed by atoms with van der Waals surface area (Å²) in [6.07, 6.45) is 6.80. The highest BCUT2D eigenvalue weighted by atomic mass is 16.5. The van der Waals surface area contributed by atoms with Crippen LogP contribution in [0.2, 0.25) is 0 Å². The van der Waals surface area contributed by atoms with E-state index in [1.807, 2.05) is 7.48 Å². The highest BCUT2D eigenvalue weighted by molar-refractivity contribution is 6.38. The second-order valence-electron chi connectivity index (χ2n) is 7.08. The maximum atomic E-state index is 6.03. The van der Waals surface area contributed by atoms with E-state index >= 15 is 0 Å². The summed E-state index contributed by atoms with van der Waals surface area (Å²) in [6, 6.07) is 0. The molecule has 2 atom stereocenters. The Morgan fingerprint density at radius 1 is 1.47 bits per heavy atom. The highest BCUT2D eigenvalue weighted by Gasteiger charge is 2.42. The van der Waals surface area contributed by atoms with Crippen molar-refractivity contribution in [2.24, 2.45) is 11.8 Å². The smallest absolute Gasteiger partial charge is 0.326 e. The normalized spacial score (nSPS) is 31.9. The second-order valence-corrected chi connectivity index (χ2v) is 7.08. The Morgan fingerprint density at radius 2 is 2.21 bits per heavy atom. The van der Waals surface area contributed by atoms with Crippen LogP contribution in [0, 0.1) is 11.8 Å². The Bertz CT molecular complexity index is 349. The van der Waals surface area contributed by atoms with Crippen molar-refractivity contribution in [3.8, 4) is 0 Å². The molecule has 1 heterocycles.